The molecule has 0 bridgehead atoms. The third kappa shape index (κ3) is 3.00. The molecule has 7 nitrogen and oxygen atoms in total. The van der Waals surface area contributed by atoms with Gasteiger partial charge >= 0.3 is 0 Å². The molecule has 1 aromatic carbocycles. The Kier molecular flexibility index (Phi) is 3.86. The molecule has 0 aliphatic heterocycles. The summed E-state index contributed by atoms with van der Waals surface area (Å²) >= 11 is 0. The van der Waals surface area contributed by atoms with Gasteiger partial charge in [-0.15, -0.1) is 0 Å². The molecule has 7 heteroatoms. The Bertz CT molecular complexity index is 1050. The van der Waals surface area contributed by atoms with Gasteiger partial charge in [0.1, 0.15) is 5.82 Å². The van der Waals surface area contributed by atoms with Gasteiger partial charge in [-0.3, -0.25) is 9.59 Å². The highest BCUT2D eigenvalue weighted by molar-refractivity contribution is 5.97. The predicted molar refractivity (Wildman–Crippen MR) is 97.9 cm³/mol. The fourth-order valence-corrected chi connectivity index (χ4v) is 3.22. The number of aryl methyl sites for hydroxylation is 2. The first-order valence-electron chi connectivity index (χ1n) is 8.69. The van der Waals surface area contributed by atoms with Crippen molar-refractivity contribution in [1.82, 2.24) is 24.4 Å². The molecule has 4 rings (SSSR count). The molecule has 0 spiro atoms. The normalized spacial score (nSPS) is 15.2. The van der Waals surface area contributed by atoms with E-state index in [-0.39, 0.29) is 16.9 Å². The monoisotopic (exact) mass is 351 g/mol. The van der Waals surface area contributed by atoms with E-state index in [4.69, 9.17) is 0 Å². The summed E-state index contributed by atoms with van der Waals surface area (Å²) in [6.07, 6.45) is 7.45. The minimum absolute atomic E-state index is 0.116. The highest BCUT2D eigenvalue weighted by atomic mass is 16.1. The lowest BCUT2D eigenvalue weighted by molar-refractivity contribution is 0.0943. The minimum atomic E-state index is -0.136. The molecule has 0 unspecified atom stereocenters. The van der Waals surface area contributed by atoms with Gasteiger partial charge in [0.25, 0.3) is 11.5 Å². The minimum Gasteiger partial charge on any atom is -0.351 e. The van der Waals surface area contributed by atoms with Gasteiger partial charge < -0.3 is 14.5 Å². The van der Waals surface area contributed by atoms with Crippen molar-refractivity contribution in [3.05, 3.63) is 58.7 Å². The molecule has 0 radical (unpaired) electrons. The van der Waals surface area contributed by atoms with Crippen LogP contribution in [0.15, 0.2) is 41.7 Å². The molecule has 2 aromatic heterocycles. The van der Waals surface area contributed by atoms with Crippen LogP contribution in [0.4, 0.5) is 0 Å². The second-order valence-electron chi connectivity index (χ2n) is 7.18. The molecule has 134 valence electrons. The molecule has 1 amide bonds. The number of imidazole rings is 1. The van der Waals surface area contributed by atoms with Crippen LogP contribution >= 0.6 is 0 Å². The van der Waals surface area contributed by atoms with Gasteiger partial charge in [0.05, 0.1) is 17.2 Å². The Balaban J connectivity index is 1.47. The molecule has 0 atom stereocenters. The number of nitrogens with one attached hydrogen (secondary N) is 1. The van der Waals surface area contributed by atoms with Gasteiger partial charge in [-0.05, 0) is 38.0 Å². The van der Waals surface area contributed by atoms with Crippen molar-refractivity contribution in [3.63, 3.8) is 0 Å². The maximum Gasteiger partial charge on any atom is 0.260 e. The maximum atomic E-state index is 12.5. The van der Waals surface area contributed by atoms with Crippen molar-refractivity contribution in [1.29, 1.82) is 0 Å². The first-order valence-corrected chi connectivity index (χ1v) is 8.69. The summed E-state index contributed by atoms with van der Waals surface area (Å²) in [5.41, 5.74) is 1.06. The summed E-state index contributed by atoms with van der Waals surface area (Å²) < 4.78 is 3.56. The quantitative estimate of drug-likeness (QED) is 0.758. The number of benzene rings is 1. The van der Waals surface area contributed by atoms with Gasteiger partial charge in [-0.1, -0.05) is 0 Å². The molecule has 2 heterocycles. The molecule has 1 aliphatic rings. The van der Waals surface area contributed by atoms with Crippen LogP contribution in [0.5, 0.6) is 0 Å². The van der Waals surface area contributed by atoms with E-state index in [0.717, 1.165) is 25.2 Å². The maximum absolute atomic E-state index is 12.5. The van der Waals surface area contributed by atoms with E-state index in [2.05, 4.69) is 19.9 Å². The molecule has 26 heavy (non-hydrogen) atoms. The van der Waals surface area contributed by atoms with Crippen LogP contribution in [-0.4, -0.2) is 31.6 Å². The van der Waals surface area contributed by atoms with Crippen LogP contribution in [-0.2, 0) is 13.6 Å². The van der Waals surface area contributed by atoms with Gasteiger partial charge in [0.15, 0.2) is 0 Å². The zero-order valence-corrected chi connectivity index (χ0v) is 14.9. The summed E-state index contributed by atoms with van der Waals surface area (Å²) in [5, 5.41) is 3.56. The summed E-state index contributed by atoms with van der Waals surface area (Å²) in [6.45, 7) is 3.49. The average Bonchev–Trinajstić information content (AvgIpc) is 3.30. The largest absolute Gasteiger partial charge is 0.351 e. The lowest BCUT2D eigenvalue weighted by Crippen LogP contribution is -2.32. The van der Waals surface area contributed by atoms with Gasteiger partial charge in [-0.2, -0.15) is 0 Å². The smallest absolute Gasteiger partial charge is 0.260 e. The molecular weight excluding hydrogens is 330 g/mol. The van der Waals surface area contributed by atoms with Crippen LogP contribution < -0.4 is 10.9 Å². The zero-order chi connectivity index (χ0) is 18.3. The van der Waals surface area contributed by atoms with Crippen LogP contribution in [0.2, 0.25) is 0 Å². The second kappa shape index (κ2) is 6.09. The SMILES string of the molecule is Cc1nccn1CC1(CNC(=O)c2ccc3c(=O)n(C)cnc3c2)CC1. The topological polar surface area (TPSA) is 81.8 Å². The third-order valence-corrected chi connectivity index (χ3v) is 5.19. The summed E-state index contributed by atoms with van der Waals surface area (Å²) in [7, 11) is 1.66. The van der Waals surface area contributed by atoms with Crippen molar-refractivity contribution in [2.24, 2.45) is 12.5 Å². The highest BCUT2D eigenvalue weighted by Crippen LogP contribution is 2.46. The number of carbonyl (C=O) groups excluding carboxylic acids is 1. The fourth-order valence-electron chi connectivity index (χ4n) is 3.22. The number of hydrogen-bond donors (Lipinski definition) is 1. The van der Waals surface area contributed by atoms with Crippen molar-refractivity contribution >= 4 is 16.8 Å². The molecule has 1 saturated carbocycles. The van der Waals surface area contributed by atoms with E-state index in [1.165, 1.54) is 10.9 Å². The first kappa shape index (κ1) is 16.5. The number of amides is 1. The summed E-state index contributed by atoms with van der Waals surface area (Å²) in [4.78, 5) is 33.1. The summed E-state index contributed by atoms with van der Waals surface area (Å²) in [6, 6.07) is 5.02. The molecule has 1 fully saturated rings. The number of nitrogens with zero attached hydrogens (tertiary/aromatic N) is 4. The Hall–Kier alpha value is -2.96. The van der Waals surface area contributed by atoms with Gasteiger partial charge in [-0.25, -0.2) is 9.97 Å². The zero-order valence-electron chi connectivity index (χ0n) is 14.9. The highest BCUT2D eigenvalue weighted by Gasteiger charge is 2.43. The van der Waals surface area contributed by atoms with Crippen molar-refractivity contribution in [2.75, 3.05) is 6.54 Å². The number of hydrogen-bond acceptors (Lipinski definition) is 4. The fraction of sp³-hybridized carbons (Fsp3) is 0.368. The molecule has 1 aliphatic carbocycles. The van der Waals surface area contributed by atoms with Crippen LogP contribution in [0.25, 0.3) is 10.9 Å². The lowest BCUT2D eigenvalue weighted by atomic mass is 10.1. The first-order chi connectivity index (χ1) is 12.5. The van der Waals surface area contributed by atoms with E-state index in [0.29, 0.717) is 23.0 Å². The van der Waals surface area contributed by atoms with Crippen LogP contribution in [0.1, 0.15) is 29.0 Å². The Morgan fingerprint density at radius 3 is 2.81 bits per heavy atom. The van der Waals surface area contributed by atoms with Crippen molar-refractivity contribution in [3.8, 4) is 0 Å². The molecular formula is C19H21N5O2. The lowest BCUT2D eigenvalue weighted by Gasteiger charge is -2.17. The molecule has 0 saturated heterocycles. The number of rotatable bonds is 5. The number of carbonyl (C=O) groups is 1. The van der Waals surface area contributed by atoms with Crippen molar-refractivity contribution in [2.45, 2.75) is 26.3 Å². The van der Waals surface area contributed by atoms with E-state index in [9.17, 15) is 9.59 Å². The standard InChI is InChI=1S/C19H21N5O2/c1-13-20-7-8-24(13)11-19(5-6-19)10-21-17(25)14-3-4-15-16(9-14)22-12-23(2)18(15)26/h3-4,7-9,12H,5-6,10-11H2,1-2H3,(H,21,25). The van der Waals surface area contributed by atoms with E-state index in [1.807, 2.05) is 13.1 Å². The van der Waals surface area contributed by atoms with Gasteiger partial charge in [0.2, 0.25) is 0 Å². The van der Waals surface area contributed by atoms with E-state index in [1.54, 1.807) is 31.4 Å². The molecule has 3 aromatic rings. The van der Waals surface area contributed by atoms with E-state index >= 15 is 0 Å². The summed E-state index contributed by atoms with van der Waals surface area (Å²) in [5.74, 6) is 0.854. The predicted octanol–water partition coefficient (Wildman–Crippen LogP) is 1.65. The van der Waals surface area contributed by atoms with Crippen LogP contribution in [0, 0.1) is 12.3 Å². The Morgan fingerprint density at radius 2 is 2.12 bits per heavy atom. The average molecular weight is 351 g/mol. The third-order valence-electron chi connectivity index (χ3n) is 5.19. The van der Waals surface area contributed by atoms with E-state index < -0.39 is 0 Å². The van der Waals surface area contributed by atoms with Crippen LogP contribution in [0.3, 0.4) is 0 Å². The second-order valence-corrected chi connectivity index (χ2v) is 7.18. The number of aromatic nitrogens is 4. The Labute approximate surface area is 150 Å². The Morgan fingerprint density at radius 1 is 1.31 bits per heavy atom. The number of fused-ring (bicyclic) bond motifs is 1. The molecule has 1 N–H and O–H groups in total. The van der Waals surface area contributed by atoms with Crippen molar-refractivity contribution < 1.29 is 4.79 Å². The van der Waals surface area contributed by atoms with Gasteiger partial charge in [0, 0.05) is 43.5 Å².